The van der Waals surface area contributed by atoms with Crippen molar-refractivity contribution in [2.24, 2.45) is 0 Å². The van der Waals surface area contributed by atoms with Gasteiger partial charge in [-0.1, -0.05) is 12.7 Å². The van der Waals surface area contributed by atoms with Gasteiger partial charge in [0.15, 0.2) is 0 Å². The smallest absolute Gasteiger partial charge is 0.448 e. The maximum absolute atomic E-state index is 10.8. The van der Waals surface area contributed by atoms with Gasteiger partial charge >= 0.3 is 22.3 Å². The van der Waals surface area contributed by atoms with Crippen molar-refractivity contribution in [2.75, 3.05) is 19.8 Å². The van der Waals surface area contributed by atoms with Crippen LogP contribution in [0.1, 0.15) is 12.8 Å². The molecule has 0 amide bonds. The molecule has 104 valence electrons. The molecule has 1 aliphatic heterocycles. The summed E-state index contributed by atoms with van der Waals surface area (Å²) in [4.78, 5) is 21.4. The Bertz CT molecular complexity index is 381. The van der Waals surface area contributed by atoms with Crippen molar-refractivity contribution in [3.8, 4) is 0 Å². The Labute approximate surface area is 104 Å². The Morgan fingerprint density at radius 3 is 2.17 bits per heavy atom. The summed E-state index contributed by atoms with van der Waals surface area (Å²) in [6, 6.07) is 0. The third-order valence-corrected chi connectivity index (χ3v) is 1.69. The van der Waals surface area contributed by atoms with Crippen LogP contribution in [0.25, 0.3) is 0 Å². The average Bonchev–Trinajstić information content (AvgIpc) is 3.08. The first-order valence-electron chi connectivity index (χ1n) is 4.89. The lowest BCUT2D eigenvalue weighted by molar-refractivity contribution is -0.146. The van der Waals surface area contributed by atoms with E-state index in [1.54, 1.807) is 0 Å². The van der Waals surface area contributed by atoms with E-state index in [4.69, 9.17) is 4.55 Å². The predicted octanol–water partition coefficient (Wildman–Crippen LogP) is -0.142. The molecule has 1 aliphatic rings. The normalized spacial score (nSPS) is 12.7. The lowest BCUT2D eigenvalue weighted by Crippen LogP contribution is -2.14. The first-order valence-corrected chi connectivity index (χ1v) is 6.25. The van der Waals surface area contributed by atoms with Crippen molar-refractivity contribution in [1.29, 1.82) is 0 Å². The Hall–Kier alpha value is -1.45. The van der Waals surface area contributed by atoms with E-state index in [-0.39, 0.29) is 13.0 Å². The second kappa shape index (κ2) is 8.61. The zero-order valence-electron chi connectivity index (χ0n) is 9.53. The molecular formula is C9H14O8S. The Kier molecular flexibility index (Phi) is 7.92. The van der Waals surface area contributed by atoms with E-state index in [2.05, 4.69) is 20.2 Å². The second-order valence-corrected chi connectivity index (χ2v) is 3.99. The maximum Gasteiger partial charge on any atom is 0.448 e. The second-order valence-electron chi connectivity index (χ2n) is 2.97. The number of carbonyl (C=O) groups is 2. The van der Waals surface area contributed by atoms with Gasteiger partial charge in [0, 0.05) is 0 Å². The molecular weight excluding hydrogens is 268 g/mol. The molecule has 0 bridgehead atoms. The molecule has 1 rings (SSSR count). The van der Waals surface area contributed by atoms with Gasteiger partial charge in [-0.3, -0.25) is 14.1 Å². The van der Waals surface area contributed by atoms with Gasteiger partial charge in [-0.2, -0.15) is 8.42 Å². The van der Waals surface area contributed by atoms with Crippen LogP contribution >= 0.6 is 0 Å². The fraction of sp³-hybridized carbons (Fsp3) is 0.556. The summed E-state index contributed by atoms with van der Waals surface area (Å²) in [5.74, 6) is -1.92. The summed E-state index contributed by atoms with van der Waals surface area (Å²) in [7, 11) is -4.81. The Morgan fingerprint density at radius 2 is 1.78 bits per heavy atom. The molecule has 0 aromatic rings. The van der Waals surface area contributed by atoms with Crippen molar-refractivity contribution >= 4 is 22.3 Å². The quantitative estimate of drug-likeness (QED) is 0.309. The summed E-state index contributed by atoms with van der Waals surface area (Å²) < 4.78 is 40.7. The molecule has 0 spiro atoms. The first kappa shape index (κ1) is 16.6. The van der Waals surface area contributed by atoms with Gasteiger partial charge < -0.3 is 13.7 Å². The molecule has 1 heterocycles. The lowest BCUT2D eigenvalue weighted by atomic mass is 10.3. The van der Waals surface area contributed by atoms with E-state index >= 15 is 0 Å². The fourth-order valence-electron chi connectivity index (χ4n) is 0.587. The predicted molar refractivity (Wildman–Crippen MR) is 58.8 cm³/mol. The van der Waals surface area contributed by atoms with E-state index in [9.17, 15) is 18.0 Å². The number of rotatable bonds is 6. The van der Waals surface area contributed by atoms with Crippen molar-refractivity contribution in [3.05, 3.63) is 12.7 Å². The standard InChI is InChI=1S/C7H10O7S.C2H4O/c1-2-5-13-6(8)3-4-7(9)14-15(10,11)12;1-2-3-1/h2H,1,3-5H2,(H,10,11,12);1-2H2. The van der Waals surface area contributed by atoms with Crippen molar-refractivity contribution in [1.82, 2.24) is 0 Å². The van der Waals surface area contributed by atoms with Crippen molar-refractivity contribution < 1.29 is 36.2 Å². The van der Waals surface area contributed by atoms with E-state index < -0.39 is 28.8 Å². The number of epoxide rings is 1. The minimum atomic E-state index is -4.81. The van der Waals surface area contributed by atoms with Crippen LogP contribution < -0.4 is 0 Å². The van der Waals surface area contributed by atoms with E-state index in [1.807, 2.05) is 0 Å². The number of hydrogen-bond donors (Lipinski definition) is 1. The maximum atomic E-state index is 10.8. The van der Waals surface area contributed by atoms with Gasteiger partial charge in [0.1, 0.15) is 6.61 Å². The highest BCUT2D eigenvalue weighted by atomic mass is 32.3. The van der Waals surface area contributed by atoms with Crippen LogP contribution in [0.4, 0.5) is 0 Å². The lowest BCUT2D eigenvalue weighted by Gasteiger charge is -2.01. The molecule has 1 fully saturated rings. The minimum Gasteiger partial charge on any atom is -0.461 e. The molecule has 18 heavy (non-hydrogen) atoms. The molecule has 0 saturated carbocycles. The number of esters is 1. The van der Waals surface area contributed by atoms with Gasteiger partial charge in [0.05, 0.1) is 26.1 Å². The fourth-order valence-corrected chi connectivity index (χ4v) is 0.906. The number of ether oxygens (including phenoxy) is 2. The highest BCUT2D eigenvalue weighted by Gasteiger charge is 2.14. The molecule has 0 aliphatic carbocycles. The third kappa shape index (κ3) is 14.6. The molecule has 0 unspecified atom stereocenters. The van der Waals surface area contributed by atoms with Crippen LogP contribution in [0.3, 0.4) is 0 Å². The van der Waals surface area contributed by atoms with E-state index in [0.29, 0.717) is 0 Å². The number of hydrogen-bond acceptors (Lipinski definition) is 7. The van der Waals surface area contributed by atoms with E-state index in [0.717, 1.165) is 13.2 Å². The summed E-state index contributed by atoms with van der Waals surface area (Å²) in [6.07, 6.45) is 0.520. The van der Waals surface area contributed by atoms with E-state index in [1.165, 1.54) is 6.08 Å². The van der Waals surface area contributed by atoms with Gasteiger partial charge in [-0.05, 0) is 0 Å². The highest BCUT2D eigenvalue weighted by molar-refractivity contribution is 7.81. The van der Waals surface area contributed by atoms with Crippen LogP contribution in [0.15, 0.2) is 12.7 Å². The summed E-state index contributed by atoms with van der Waals surface area (Å²) in [6.45, 7) is 5.30. The molecule has 0 radical (unpaired) electrons. The molecule has 8 nitrogen and oxygen atoms in total. The van der Waals surface area contributed by atoms with Gasteiger partial charge in [-0.25, -0.2) is 0 Å². The zero-order chi connectivity index (χ0) is 14.0. The summed E-state index contributed by atoms with van der Waals surface area (Å²) in [5.41, 5.74) is 0. The SMILES string of the molecule is C1CO1.C=CCOC(=O)CCC(=O)OS(=O)(=O)O. The summed E-state index contributed by atoms with van der Waals surface area (Å²) >= 11 is 0. The molecule has 0 atom stereocenters. The van der Waals surface area contributed by atoms with Crippen molar-refractivity contribution in [3.63, 3.8) is 0 Å². The molecule has 0 aromatic heterocycles. The topological polar surface area (TPSA) is 119 Å². The Balaban J connectivity index is 0.000000827. The highest BCUT2D eigenvalue weighted by Crippen LogP contribution is 1.98. The van der Waals surface area contributed by atoms with Gasteiger partial charge in [0.25, 0.3) is 0 Å². The first-order chi connectivity index (χ1) is 8.35. The molecule has 9 heteroatoms. The molecule has 1 N–H and O–H groups in total. The molecule has 0 aromatic carbocycles. The summed E-state index contributed by atoms with van der Waals surface area (Å²) in [5, 5.41) is 0. The van der Waals surface area contributed by atoms with Crippen LogP contribution in [0, 0.1) is 0 Å². The Morgan fingerprint density at radius 1 is 1.28 bits per heavy atom. The largest absolute Gasteiger partial charge is 0.461 e. The molecule has 1 saturated heterocycles. The van der Waals surface area contributed by atoms with Crippen LogP contribution in [0.5, 0.6) is 0 Å². The van der Waals surface area contributed by atoms with Gasteiger partial charge in [0.2, 0.25) is 0 Å². The van der Waals surface area contributed by atoms with Crippen molar-refractivity contribution in [2.45, 2.75) is 12.8 Å². The minimum absolute atomic E-state index is 0.00613. The zero-order valence-corrected chi connectivity index (χ0v) is 10.3. The van der Waals surface area contributed by atoms with Crippen LogP contribution in [-0.4, -0.2) is 44.7 Å². The third-order valence-electron chi connectivity index (χ3n) is 1.30. The monoisotopic (exact) mass is 282 g/mol. The van der Waals surface area contributed by atoms with Crippen LogP contribution in [0.2, 0.25) is 0 Å². The number of carbonyl (C=O) groups excluding carboxylic acids is 2. The van der Waals surface area contributed by atoms with Crippen LogP contribution in [-0.2, 0) is 33.6 Å². The van der Waals surface area contributed by atoms with Gasteiger partial charge in [-0.15, -0.1) is 0 Å². The average molecular weight is 282 g/mol.